The van der Waals surface area contributed by atoms with Gasteiger partial charge in [-0.3, -0.25) is 4.79 Å². The first-order valence-electron chi connectivity index (χ1n) is 8.06. The average molecular weight is 387 g/mol. The molecule has 0 aliphatic carbocycles. The smallest absolute Gasteiger partial charge is 0.237 e. The van der Waals surface area contributed by atoms with Crippen LogP contribution in [0.1, 0.15) is 6.92 Å². The number of methoxy groups -OCH3 is 1. The first-order valence-corrected chi connectivity index (χ1v) is 8.94. The van der Waals surface area contributed by atoms with Gasteiger partial charge < -0.3 is 15.9 Å². The van der Waals surface area contributed by atoms with E-state index in [9.17, 15) is 9.18 Å². The molecule has 0 unspecified atom stereocenters. The van der Waals surface area contributed by atoms with Gasteiger partial charge in [-0.1, -0.05) is 23.9 Å². The van der Waals surface area contributed by atoms with E-state index in [2.05, 4.69) is 15.5 Å². The van der Waals surface area contributed by atoms with Crippen molar-refractivity contribution in [3.8, 4) is 17.1 Å². The number of hydrogen-bond donors (Lipinski definition) is 2. The van der Waals surface area contributed by atoms with Gasteiger partial charge in [-0.05, 0) is 43.3 Å². The molecule has 3 rings (SSSR count). The third kappa shape index (κ3) is 4.20. The summed E-state index contributed by atoms with van der Waals surface area (Å²) in [5.74, 6) is 6.40. The Bertz CT molecular complexity index is 945. The van der Waals surface area contributed by atoms with Gasteiger partial charge in [0.05, 0.1) is 18.0 Å². The topological polar surface area (TPSA) is 95.1 Å². The number of carbonyl (C=O) groups excluding carboxylic acids is 1. The first kappa shape index (κ1) is 18.7. The first-order chi connectivity index (χ1) is 13.0. The highest BCUT2D eigenvalue weighted by atomic mass is 32.2. The molecule has 3 N–H and O–H groups in total. The molecule has 1 aromatic heterocycles. The van der Waals surface area contributed by atoms with Gasteiger partial charge in [-0.25, -0.2) is 9.07 Å². The minimum Gasteiger partial charge on any atom is -0.497 e. The molecule has 3 aromatic rings. The summed E-state index contributed by atoms with van der Waals surface area (Å²) in [6.07, 6.45) is 0. The summed E-state index contributed by atoms with van der Waals surface area (Å²) in [5.41, 5.74) is 0.893. The number of carbonyl (C=O) groups is 1. The fraction of sp³-hybridized carbons (Fsp3) is 0.167. The second-order valence-electron chi connectivity index (χ2n) is 5.63. The Labute approximate surface area is 159 Å². The number of ether oxygens (including phenoxy) is 1. The summed E-state index contributed by atoms with van der Waals surface area (Å²) in [6, 6.07) is 13.2. The number of hydrogen-bond acceptors (Lipinski definition) is 6. The highest BCUT2D eigenvalue weighted by Crippen LogP contribution is 2.26. The maximum atomic E-state index is 13.7. The number of anilines is 1. The van der Waals surface area contributed by atoms with Crippen molar-refractivity contribution in [3.63, 3.8) is 0 Å². The highest BCUT2D eigenvalue weighted by molar-refractivity contribution is 8.00. The van der Waals surface area contributed by atoms with Crippen molar-refractivity contribution in [1.82, 2.24) is 14.9 Å². The van der Waals surface area contributed by atoms with E-state index in [0.717, 1.165) is 23.1 Å². The van der Waals surface area contributed by atoms with Crippen LogP contribution >= 0.6 is 11.8 Å². The molecule has 140 valence electrons. The number of nitrogens with two attached hydrogens (primary N) is 1. The standard InChI is InChI=1S/C18H18FN5O2S/c1-11(17(25)21-15-6-4-3-5-14(15)19)27-18-23-22-16(24(18)20)12-7-9-13(26-2)10-8-12/h3-11H,20H2,1-2H3,(H,21,25)/t11-/m0/s1. The van der Waals surface area contributed by atoms with E-state index in [1.54, 1.807) is 38.3 Å². The van der Waals surface area contributed by atoms with Crippen molar-refractivity contribution in [1.29, 1.82) is 0 Å². The lowest BCUT2D eigenvalue weighted by molar-refractivity contribution is -0.115. The number of amides is 1. The van der Waals surface area contributed by atoms with Gasteiger partial charge in [0.15, 0.2) is 5.82 Å². The third-order valence-electron chi connectivity index (χ3n) is 3.80. The molecule has 0 bridgehead atoms. The number of nitrogens with zero attached hydrogens (tertiary/aromatic N) is 3. The summed E-state index contributed by atoms with van der Waals surface area (Å²) in [6.45, 7) is 1.68. The monoisotopic (exact) mass is 387 g/mol. The predicted molar refractivity (Wildman–Crippen MR) is 103 cm³/mol. The number of aromatic nitrogens is 3. The number of thioether (sulfide) groups is 1. The maximum absolute atomic E-state index is 13.7. The molecular formula is C18H18FN5O2S. The van der Waals surface area contributed by atoms with Crippen molar-refractivity contribution in [3.05, 3.63) is 54.3 Å². The van der Waals surface area contributed by atoms with E-state index in [0.29, 0.717) is 11.0 Å². The molecule has 0 saturated carbocycles. The Balaban J connectivity index is 1.71. The number of benzene rings is 2. The zero-order chi connectivity index (χ0) is 19.4. The maximum Gasteiger partial charge on any atom is 0.237 e. The van der Waals surface area contributed by atoms with Gasteiger partial charge in [-0.2, -0.15) is 0 Å². The van der Waals surface area contributed by atoms with Crippen LogP contribution in [0.4, 0.5) is 10.1 Å². The molecule has 2 aromatic carbocycles. The number of rotatable bonds is 6. The Morgan fingerprint density at radius 1 is 1.22 bits per heavy atom. The van der Waals surface area contributed by atoms with Crippen LogP contribution in [0, 0.1) is 5.82 Å². The Morgan fingerprint density at radius 2 is 1.93 bits per heavy atom. The Morgan fingerprint density at radius 3 is 2.59 bits per heavy atom. The number of para-hydroxylation sites is 1. The Kier molecular flexibility index (Phi) is 5.60. The quantitative estimate of drug-likeness (QED) is 0.499. The van der Waals surface area contributed by atoms with Crippen LogP contribution in [0.3, 0.4) is 0 Å². The summed E-state index contributed by atoms with van der Waals surface area (Å²) >= 11 is 1.13. The van der Waals surface area contributed by atoms with E-state index >= 15 is 0 Å². The number of halogens is 1. The molecule has 1 heterocycles. The van der Waals surface area contributed by atoms with Crippen LogP contribution in [-0.2, 0) is 4.79 Å². The van der Waals surface area contributed by atoms with Crippen molar-refractivity contribution in [2.45, 2.75) is 17.3 Å². The lowest BCUT2D eigenvalue weighted by Crippen LogP contribution is -2.24. The molecule has 0 radical (unpaired) electrons. The molecule has 0 fully saturated rings. The largest absolute Gasteiger partial charge is 0.497 e. The summed E-state index contributed by atoms with van der Waals surface area (Å²) in [7, 11) is 1.59. The van der Waals surface area contributed by atoms with Crippen molar-refractivity contribution >= 4 is 23.4 Å². The average Bonchev–Trinajstić information content (AvgIpc) is 3.04. The number of nitrogens with one attached hydrogen (secondary N) is 1. The summed E-state index contributed by atoms with van der Waals surface area (Å²) in [5, 5.41) is 10.5. The molecule has 1 atom stereocenters. The van der Waals surface area contributed by atoms with E-state index in [1.807, 2.05) is 12.1 Å². The van der Waals surface area contributed by atoms with Crippen LogP contribution < -0.4 is 15.9 Å². The van der Waals surface area contributed by atoms with Gasteiger partial charge in [0.1, 0.15) is 11.6 Å². The highest BCUT2D eigenvalue weighted by Gasteiger charge is 2.20. The predicted octanol–water partition coefficient (Wildman–Crippen LogP) is 2.93. The third-order valence-corrected chi connectivity index (χ3v) is 4.85. The van der Waals surface area contributed by atoms with Crippen LogP contribution in [0.2, 0.25) is 0 Å². The van der Waals surface area contributed by atoms with Gasteiger partial charge in [0.25, 0.3) is 0 Å². The normalized spacial score (nSPS) is 11.8. The van der Waals surface area contributed by atoms with Crippen LogP contribution in [0.25, 0.3) is 11.4 Å². The van der Waals surface area contributed by atoms with E-state index < -0.39 is 11.1 Å². The lowest BCUT2D eigenvalue weighted by Gasteiger charge is -2.12. The zero-order valence-corrected chi connectivity index (χ0v) is 15.5. The van der Waals surface area contributed by atoms with Gasteiger partial charge in [0.2, 0.25) is 11.1 Å². The SMILES string of the molecule is COc1ccc(-c2nnc(S[C@@H](C)C(=O)Nc3ccccc3F)n2N)cc1. The molecule has 27 heavy (non-hydrogen) atoms. The Hall–Kier alpha value is -3.07. The lowest BCUT2D eigenvalue weighted by atomic mass is 10.2. The molecule has 0 aliphatic heterocycles. The summed E-state index contributed by atoms with van der Waals surface area (Å²) < 4.78 is 20.1. The summed E-state index contributed by atoms with van der Waals surface area (Å²) in [4.78, 5) is 12.3. The fourth-order valence-corrected chi connectivity index (χ4v) is 3.07. The van der Waals surface area contributed by atoms with E-state index in [1.165, 1.54) is 16.8 Å². The van der Waals surface area contributed by atoms with E-state index in [4.69, 9.17) is 10.6 Å². The van der Waals surface area contributed by atoms with E-state index in [-0.39, 0.29) is 11.6 Å². The molecule has 7 nitrogen and oxygen atoms in total. The van der Waals surface area contributed by atoms with Crippen molar-refractivity contribution in [2.75, 3.05) is 18.3 Å². The zero-order valence-electron chi connectivity index (χ0n) is 14.7. The van der Waals surface area contributed by atoms with Gasteiger partial charge in [0, 0.05) is 5.56 Å². The fourth-order valence-electron chi connectivity index (χ4n) is 2.30. The van der Waals surface area contributed by atoms with Crippen molar-refractivity contribution < 1.29 is 13.9 Å². The van der Waals surface area contributed by atoms with Gasteiger partial charge in [-0.15, -0.1) is 10.2 Å². The van der Waals surface area contributed by atoms with Crippen LogP contribution in [0.15, 0.2) is 53.7 Å². The second-order valence-corrected chi connectivity index (χ2v) is 6.94. The molecule has 0 spiro atoms. The van der Waals surface area contributed by atoms with Gasteiger partial charge >= 0.3 is 0 Å². The second kappa shape index (κ2) is 8.09. The molecule has 0 saturated heterocycles. The molecule has 1 amide bonds. The molecule has 9 heteroatoms. The molecular weight excluding hydrogens is 369 g/mol. The van der Waals surface area contributed by atoms with Crippen molar-refractivity contribution in [2.24, 2.45) is 0 Å². The molecule has 0 aliphatic rings. The number of nitrogen functional groups attached to an aromatic ring is 1. The van der Waals surface area contributed by atoms with Crippen LogP contribution in [-0.4, -0.2) is 33.1 Å². The van der Waals surface area contributed by atoms with Crippen LogP contribution in [0.5, 0.6) is 5.75 Å². The minimum atomic E-state index is -0.556. The minimum absolute atomic E-state index is 0.128.